The lowest BCUT2D eigenvalue weighted by molar-refractivity contribution is 0.00775. The fraction of sp³-hybridized carbons (Fsp3) is 0.417. The first-order valence-electron chi connectivity index (χ1n) is 5.24. The minimum absolute atomic E-state index is 0.0776. The third kappa shape index (κ3) is 3.42. The SMILES string of the molecule is CCC(C)(O)COc1cccc(F)c1C(=O)O. The van der Waals surface area contributed by atoms with Crippen LogP contribution in [-0.2, 0) is 0 Å². The zero-order chi connectivity index (χ0) is 13.1. The average molecular weight is 242 g/mol. The van der Waals surface area contributed by atoms with Crippen LogP contribution in [0.3, 0.4) is 0 Å². The summed E-state index contributed by atoms with van der Waals surface area (Å²) in [6.45, 7) is 3.24. The highest BCUT2D eigenvalue weighted by Crippen LogP contribution is 2.23. The number of carboxylic acids is 1. The van der Waals surface area contributed by atoms with Crippen LogP contribution in [0.2, 0.25) is 0 Å². The summed E-state index contributed by atoms with van der Waals surface area (Å²) in [7, 11) is 0. The van der Waals surface area contributed by atoms with Gasteiger partial charge in [0, 0.05) is 0 Å². The molecule has 5 heteroatoms. The van der Waals surface area contributed by atoms with Gasteiger partial charge in [0.25, 0.3) is 0 Å². The van der Waals surface area contributed by atoms with Crippen molar-refractivity contribution in [1.82, 2.24) is 0 Å². The summed E-state index contributed by atoms with van der Waals surface area (Å²) in [5.41, 5.74) is -1.58. The summed E-state index contributed by atoms with van der Waals surface area (Å²) >= 11 is 0. The summed E-state index contributed by atoms with van der Waals surface area (Å²) in [5, 5.41) is 18.6. The van der Waals surface area contributed by atoms with Gasteiger partial charge in [0.2, 0.25) is 0 Å². The first-order chi connectivity index (χ1) is 7.87. The van der Waals surface area contributed by atoms with E-state index in [-0.39, 0.29) is 12.4 Å². The molecule has 0 radical (unpaired) electrons. The molecular formula is C12H15FO4. The van der Waals surface area contributed by atoms with Crippen molar-refractivity contribution in [3.8, 4) is 5.75 Å². The van der Waals surface area contributed by atoms with Gasteiger partial charge in [-0.15, -0.1) is 0 Å². The molecule has 1 atom stereocenters. The van der Waals surface area contributed by atoms with Gasteiger partial charge in [-0.05, 0) is 25.5 Å². The molecular weight excluding hydrogens is 227 g/mol. The molecule has 2 N–H and O–H groups in total. The second kappa shape index (κ2) is 5.14. The third-order valence-electron chi connectivity index (χ3n) is 2.49. The molecule has 0 saturated carbocycles. The Hall–Kier alpha value is -1.62. The Morgan fingerprint density at radius 2 is 2.18 bits per heavy atom. The highest BCUT2D eigenvalue weighted by molar-refractivity contribution is 5.91. The van der Waals surface area contributed by atoms with E-state index in [0.717, 1.165) is 6.07 Å². The van der Waals surface area contributed by atoms with Crippen LogP contribution in [0.25, 0.3) is 0 Å². The maximum absolute atomic E-state index is 13.3. The maximum atomic E-state index is 13.3. The van der Waals surface area contributed by atoms with Crippen molar-refractivity contribution >= 4 is 5.97 Å². The Labute approximate surface area is 98.7 Å². The number of rotatable bonds is 5. The number of benzene rings is 1. The van der Waals surface area contributed by atoms with Crippen molar-refractivity contribution in [3.63, 3.8) is 0 Å². The molecule has 0 aliphatic heterocycles. The summed E-state index contributed by atoms with van der Waals surface area (Å²) in [4.78, 5) is 10.9. The Balaban J connectivity index is 2.92. The smallest absolute Gasteiger partial charge is 0.342 e. The predicted octanol–water partition coefficient (Wildman–Crippen LogP) is 2.06. The largest absolute Gasteiger partial charge is 0.490 e. The van der Waals surface area contributed by atoms with Crippen LogP contribution in [-0.4, -0.2) is 28.4 Å². The average Bonchev–Trinajstić information content (AvgIpc) is 2.26. The number of halogens is 1. The number of ether oxygens (including phenoxy) is 1. The van der Waals surface area contributed by atoms with Crippen LogP contribution in [0.1, 0.15) is 30.6 Å². The standard InChI is InChI=1S/C12H15FO4/c1-3-12(2,16)7-17-9-6-4-5-8(13)10(9)11(14)15/h4-6,16H,3,7H2,1-2H3,(H,14,15). The highest BCUT2D eigenvalue weighted by Gasteiger charge is 2.22. The van der Waals surface area contributed by atoms with Crippen molar-refractivity contribution < 1.29 is 24.1 Å². The van der Waals surface area contributed by atoms with E-state index in [2.05, 4.69) is 0 Å². The number of aliphatic hydroxyl groups is 1. The van der Waals surface area contributed by atoms with E-state index >= 15 is 0 Å². The van der Waals surface area contributed by atoms with Crippen molar-refractivity contribution in [2.24, 2.45) is 0 Å². The van der Waals surface area contributed by atoms with E-state index in [0.29, 0.717) is 6.42 Å². The maximum Gasteiger partial charge on any atom is 0.342 e. The lowest BCUT2D eigenvalue weighted by Crippen LogP contribution is -2.31. The monoisotopic (exact) mass is 242 g/mol. The van der Waals surface area contributed by atoms with Gasteiger partial charge in [0.15, 0.2) is 0 Å². The first-order valence-corrected chi connectivity index (χ1v) is 5.24. The van der Waals surface area contributed by atoms with Crippen LogP contribution >= 0.6 is 0 Å². The van der Waals surface area contributed by atoms with Crippen molar-refractivity contribution in [1.29, 1.82) is 0 Å². The molecule has 0 spiro atoms. The topological polar surface area (TPSA) is 66.8 Å². The fourth-order valence-corrected chi connectivity index (χ4v) is 1.17. The number of hydrogen-bond acceptors (Lipinski definition) is 3. The van der Waals surface area contributed by atoms with Gasteiger partial charge in [-0.25, -0.2) is 9.18 Å². The van der Waals surface area contributed by atoms with Gasteiger partial charge in [-0.2, -0.15) is 0 Å². The number of carboxylic acid groups (broad SMARTS) is 1. The van der Waals surface area contributed by atoms with Crippen molar-refractivity contribution in [3.05, 3.63) is 29.6 Å². The van der Waals surface area contributed by atoms with Crippen LogP contribution in [0, 0.1) is 5.82 Å². The van der Waals surface area contributed by atoms with E-state index in [1.165, 1.54) is 12.1 Å². The van der Waals surface area contributed by atoms with Crippen LogP contribution in [0.4, 0.5) is 4.39 Å². The molecule has 0 bridgehead atoms. The normalized spacial score (nSPS) is 14.1. The second-order valence-corrected chi connectivity index (χ2v) is 4.06. The van der Waals surface area contributed by atoms with Gasteiger partial charge in [0.05, 0.1) is 5.60 Å². The van der Waals surface area contributed by atoms with Crippen LogP contribution < -0.4 is 4.74 Å². The van der Waals surface area contributed by atoms with Gasteiger partial charge in [-0.1, -0.05) is 13.0 Å². The van der Waals surface area contributed by atoms with Gasteiger partial charge < -0.3 is 14.9 Å². The first kappa shape index (κ1) is 13.4. The molecule has 17 heavy (non-hydrogen) atoms. The zero-order valence-electron chi connectivity index (χ0n) is 9.74. The Morgan fingerprint density at radius 1 is 1.53 bits per heavy atom. The second-order valence-electron chi connectivity index (χ2n) is 4.06. The Bertz CT molecular complexity index is 415. The highest BCUT2D eigenvalue weighted by atomic mass is 19.1. The lowest BCUT2D eigenvalue weighted by Gasteiger charge is -2.22. The Kier molecular flexibility index (Phi) is 4.07. The molecule has 0 fully saturated rings. The van der Waals surface area contributed by atoms with E-state index in [1.54, 1.807) is 13.8 Å². The molecule has 0 heterocycles. The lowest BCUT2D eigenvalue weighted by atomic mass is 10.1. The molecule has 4 nitrogen and oxygen atoms in total. The molecule has 94 valence electrons. The van der Waals surface area contributed by atoms with Gasteiger partial charge in [-0.3, -0.25) is 0 Å². The van der Waals surface area contributed by atoms with Crippen LogP contribution in [0.15, 0.2) is 18.2 Å². The third-order valence-corrected chi connectivity index (χ3v) is 2.49. The van der Waals surface area contributed by atoms with E-state index in [4.69, 9.17) is 9.84 Å². The van der Waals surface area contributed by atoms with E-state index < -0.39 is 23.0 Å². The molecule has 0 aromatic heterocycles. The molecule has 0 aliphatic carbocycles. The summed E-state index contributed by atoms with van der Waals surface area (Å²) < 4.78 is 18.4. The summed E-state index contributed by atoms with van der Waals surface area (Å²) in [6.07, 6.45) is 0.449. The number of aromatic carboxylic acids is 1. The molecule has 1 unspecified atom stereocenters. The Morgan fingerprint density at radius 3 is 2.71 bits per heavy atom. The minimum atomic E-state index is -1.39. The van der Waals surface area contributed by atoms with Crippen molar-refractivity contribution in [2.45, 2.75) is 25.9 Å². The van der Waals surface area contributed by atoms with E-state index in [9.17, 15) is 14.3 Å². The molecule has 0 amide bonds. The van der Waals surface area contributed by atoms with Crippen LogP contribution in [0.5, 0.6) is 5.75 Å². The molecule has 1 aromatic carbocycles. The number of carbonyl (C=O) groups is 1. The molecule has 0 saturated heterocycles. The summed E-state index contributed by atoms with van der Waals surface area (Å²) in [6, 6.07) is 3.77. The molecule has 1 rings (SSSR count). The van der Waals surface area contributed by atoms with Gasteiger partial charge >= 0.3 is 5.97 Å². The predicted molar refractivity (Wildman–Crippen MR) is 59.8 cm³/mol. The minimum Gasteiger partial charge on any atom is -0.490 e. The van der Waals surface area contributed by atoms with Crippen molar-refractivity contribution in [2.75, 3.05) is 6.61 Å². The molecule has 1 aromatic rings. The molecule has 0 aliphatic rings. The number of hydrogen-bond donors (Lipinski definition) is 2. The quantitative estimate of drug-likeness (QED) is 0.829. The van der Waals surface area contributed by atoms with Gasteiger partial charge in [0.1, 0.15) is 23.7 Å². The fourth-order valence-electron chi connectivity index (χ4n) is 1.17. The summed E-state index contributed by atoms with van der Waals surface area (Å²) in [5.74, 6) is -2.33. The van der Waals surface area contributed by atoms with E-state index in [1.807, 2.05) is 0 Å². The zero-order valence-corrected chi connectivity index (χ0v) is 9.74.